The molecule has 0 aliphatic carbocycles. The molecule has 0 fully saturated rings. The van der Waals surface area contributed by atoms with Gasteiger partial charge in [0.05, 0.1) is 12.8 Å². The highest BCUT2D eigenvalue weighted by Gasteiger charge is 1.99. The summed E-state index contributed by atoms with van der Waals surface area (Å²) in [5.41, 5.74) is 0.487. The van der Waals surface area contributed by atoms with Crippen molar-refractivity contribution in [3.05, 3.63) is 54.3 Å². The smallest absolute Gasteiger partial charge is 0.146 e. The van der Waals surface area contributed by atoms with E-state index in [1.165, 1.54) is 6.07 Å². The van der Waals surface area contributed by atoms with E-state index in [1.807, 2.05) is 24.3 Å². The number of methoxy groups -OCH3 is 1. The fourth-order valence-corrected chi connectivity index (χ4v) is 1.63. The quantitative estimate of drug-likeness (QED) is 0.809. The van der Waals surface area contributed by atoms with Gasteiger partial charge in [0.25, 0.3) is 0 Å². The standard InChI is InChI=1S/C15H16FNO2/c1-18-12-6-8-13(9-7-12)19-11-10-17-15-5-3-2-4-14(15)16/h2-9,17H,10-11H2,1H3. The molecule has 0 amide bonds. The van der Waals surface area contributed by atoms with Crippen LogP contribution in [0.1, 0.15) is 0 Å². The van der Waals surface area contributed by atoms with Gasteiger partial charge < -0.3 is 14.8 Å². The molecule has 2 aromatic rings. The number of benzene rings is 2. The summed E-state index contributed by atoms with van der Waals surface area (Å²) >= 11 is 0. The molecular formula is C15H16FNO2. The van der Waals surface area contributed by atoms with Gasteiger partial charge in [0.2, 0.25) is 0 Å². The third-order valence-corrected chi connectivity index (χ3v) is 2.62. The Kier molecular flexibility index (Phi) is 4.61. The first kappa shape index (κ1) is 13.2. The lowest BCUT2D eigenvalue weighted by Crippen LogP contribution is -2.12. The molecule has 0 atom stereocenters. The van der Waals surface area contributed by atoms with Crippen molar-refractivity contribution < 1.29 is 13.9 Å². The van der Waals surface area contributed by atoms with Crippen LogP contribution in [-0.2, 0) is 0 Å². The molecule has 0 saturated heterocycles. The predicted molar refractivity (Wildman–Crippen MR) is 73.4 cm³/mol. The van der Waals surface area contributed by atoms with E-state index >= 15 is 0 Å². The molecule has 2 rings (SSSR count). The minimum absolute atomic E-state index is 0.257. The number of anilines is 1. The van der Waals surface area contributed by atoms with Crippen molar-refractivity contribution in [2.45, 2.75) is 0 Å². The molecule has 0 bridgehead atoms. The number of ether oxygens (including phenoxy) is 2. The monoisotopic (exact) mass is 261 g/mol. The van der Waals surface area contributed by atoms with Crippen molar-refractivity contribution in [3.63, 3.8) is 0 Å². The van der Waals surface area contributed by atoms with Crippen LogP contribution in [0.2, 0.25) is 0 Å². The zero-order valence-corrected chi connectivity index (χ0v) is 10.7. The molecule has 0 radical (unpaired) electrons. The largest absolute Gasteiger partial charge is 0.497 e. The molecule has 100 valence electrons. The van der Waals surface area contributed by atoms with E-state index in [1.54, 1.807) is 25.3 Å². The summed E-state index contributed by atoms with van der Waals surface area (Å²) in [5.74, 6) is 1.29. The van der Waals surface area contributed by atoms with Crippen LogP contribution in [0.3, 0.4) is 0 Å². The number of hydrogen-bond donors (Lipinski definition) is 1. The van der Waals surface area contributed by atoms with Crippen molar-refractivity contribution in [2.75, 3.05) is 25.6 Å². The minimum atomic E-state index is -0.257. The summed E-state index contributed by atoms with van der Waals surface area (Å²) in [5, 5.41) is 2.98. The van der Waals surface area contributed by atoms with E-state index < -0.39 is 0 Å². The van der Waals surface area contributed by atoms with Crippen LogP contribution in [0, 0.1) is 5.82 Å². The average Bonchev–Trinajstić information content (AvgIpc) is 2.46. The zero-order valence-electron chi connectivity index (χ0n) is 10.7. The first-order valence-electron chi connectivity index (χ1n) is 6.05. The number of hydrogen-bond acceptors (Lipinski definition) is 3. The summed E-state index contributed by atoms with van der Waals surface area (Å²) in [6.07, 6.45) is 0. The van der Waals surface area contributed by atoms with Crippen LogP contribution in [-0.4, -0.2) is 20.3 Å². The van der Waals surface area contributed by atoms with E-state index in [-0.39, 0.29) is 5.82 Å². The molecule has 0 spiro atoms. The van der Waals surface area contributed by atoms with Gasteiger partial charge in [0.15, 0.2) is 0 Å². The molecule has 19 heavy (non-hydrogen) atoms. The Bertz CT molecular complexity index is 514. The molecule has 4 heteroatoms. The highest BCUT2D eigenvalue weighted by molar-refractivity contribution is 5.44. The van der Waals surface area contributed by atoms with Crippen LogP contribution < -0.4 is 14.8 Å². The van der Waals surface area contributed by atoms with Gasteiger partial charge in [-0.15, -0.1) is 0 Å². The zero-order chi connectivity index (χ0) is 13.5. The van der Waals surface area contributed by atoms with Crippen LogP contribution in [0.15, 0.2) is 48.5 Å². The number of nitrogens with one attached hydrogen (secondary N) is 1. The maximum absolute atomic E-state index is 13.3. The summed E-state index contributed by atoms with van der Waals surface area (Å²) in [7, 11) is 1.62. The summed E-state index contributed by atoms with van der Waals surface area (Å²) in [6.45, 7) is 0.994. The van der Waals surface area contributed by atoms with Crippen molar-refractivity contribution >= 4 is 5.69 Å². The van der Waals surface area contributed by atoms with Gasteiger partial charge in [0, 0.05) is 6.54 Å². The summed E-state index contributed by atoms with van der Waals surface area (Å²) < 4.78 is 23.9. The van der Waals surface area contributed by atoms with Crippen molar-refractivity contribution in [1.82, 2.24) is 0 Å². The lowest BCUT2D eigenvalue weighted by molar-refractivity contribution is 0.331. The van der Waals surface area contributed by atoms with E-state index in [2.05, 4.69) is 5.32 Å². The minimum Gasteiger partial charge on any atom is -0.497 e. The van der Waals surface area contributed by atoms with E-state index in [0.29, 0.717) is 18.8 Å². The summed E-state index contributed by atoms with van der Waals surface area (Å²) in [6, 6.07) is 13.9. The highest BCUT2D eigenvalue weighted by atomic mass is 19.1. The number of para-hydroxylation sites is 1. The molecule has 1 N–H and O–H groups in total. The van der Waals surface area contributed by atoms with Gasteiger partial charge in [0.1, 0.15) is 23.9 Å². The van der Waals surface area contributed by atoms with Crippen molar-refractivity contribution in [3.8, 4) is 11.5 Å². The van der Waals surface area contributed by atoms with Crippen LogP contribution in [0.25, 0.3) is 0 Å². The second kappa shape index (κ2) is 6.64. The Morgan fingerprint density at radius 2 is 1.68 bits per heavy atom. The second-order valence-electron chi connectivity index (χ2n) is 3.93. The number of rotatable bonds is 6. The fraction of sp³-hybridized carbons (Fsp3) is 0.200. The molecule has 0 saturated carbocycles. The molecule has 0 aliphatic rings. The van der Waals surface area contributed by atoms with Gasteiger partial charge in [-0.25, -0.2) is 4.39 Å². The SMILES string of the molecule is COc1ccc(OCCNc2ccccc2F)cc1. The van der Waals surface area contributed by atoms with Gasteiger partial charge in [-0.2, -0.15) is 0 Å². The first-order valence-corrected chi connectivity index (χ1v) is 6.05. The Morgan fingerprint density at radius 1 is 1.00 bits per heavy atom. The number of halogens is 1. The average molecular weight is 261 g/mol. The lowest BCUT2D eigenvalue weighted by atomic mass is 10.3. The van der Waals surface area contributed by atoms with E-state index in [9.17, 15) is 4.39 Å². The van der Waals surface area contributed by atoms with Crippen LogP contribution in [0.5, 0.6) is 11.5 Å². The van der Waals surface area contributed by atoms with Gasteiger partial charge in [-0.05, 0) is 36.4 Å². The van der Waals surface area contributed by atoms with E-state index in [0.717, 1.165) is 11.5 Å². The Morgan fingerprint density at radius 3 is 2.37 bits per heavy atom. The maximum atomic E-state index is 13.3. The molecule has 2 aromatic carbocycles. The second-order valence-corrected chi connectivity index (χ2v) is 3.93. The highest BCUT2D eigenvalue weighted by Crippen LogP contribution is 2.17. The summed E-state index contributed by atoms with van der Waals surface area (Å²) in [4.78, 5) is 0. The van der Waals surface area contributed by atoms with Gasteiger partial charge in [-0.1, -0.05) is 12.1 Å². The molecule has 0 aliphatic heterocycles. The third kappa shape index (κ3) is 3.88. The normalized spacial score (nSPS) is 10.0. The third-order valence-electron chi connectivity index (χ3n) is 2.62. The van der Waals surface area contributed by atoms with Gasteiger partial charge >= 0.3 is 0 Å². The molecule has 0 heterocycles. The Labute approximate surface area is 112 Å². The van der Waals surface area contributed by atoms with Crippen LogP contribution >= 0.6 is 0 Å². The Hall–Kier alpha value is -2.23. The predicted octanol–water partition coefficient (Wildman–Crippen LogP) is 3.33. The molecule has 3 nitrogen and oxygen atoms in total. The molecular weight excluding hydrogens is 245 g/mol. The van der Waals surface area contributed by atoms with Crippen molar-refractivity contribution in [1.29, 1.82) is 0 Å². The molecule has 0 unspecified atom stereocenters. The van der Waals surface area contributed by atoms with Crippen molar-refractivity contribution in [2.24, 2.45) is 0 Å². The van der Waals surface area contributed by atoms with Crippen LogP contribution in [0.4, 0.5) is 10.1 Å². The first-order chi connectivity index (χ1) is 9.29. The Balaban J connectivity index is 1.76. The fourth-order valence-electron chi connectivity index (χ4n) is 1.63. The lowest BCUT2D eigenvalue weighted by Gasteiger charge is -2.09. The molecule has 0 aromatic heterocycles. The van der Waals surface area contributed by atoms with E-state index in [4.69, 9.17) is 9.47 Å². The topological polar surface area (TPSA) is 30.5 Å². The van der Waals surface area contributed by atoms with Gasteiger partial charge in [-0.3, -0.25) is 0 Å². The maximum Gasteiger partial charge on any atom is 0.146 e.